The van der Waals surface area contributed by atoms with Gasteiger partial charge in [0.15, 0.2) is 0 Å². The predicted molar refractivity (Wildman–Crippen MR) is 125 cm³/mol. The van der Waals surface area contributed by atoms with Gasteiger partial charge in [-0.25, -0.2) is 0 Å². The summed E-state index contributed by atoms with van der Waals surface area (Å²) < 4.78 is 54.5. The monoisotopic (exact) mass is 503 g/mol. The van der Waals surface area contributed by atoms with Crippen LogP contribution >= 0.6 is 0 Å². The van der Waals surface area contributed by atoms with Crippen molar-refractivity contribution in [3.05, 3.63) is 65.5 Å². The Labute approximate surface area is 207 Å². The van der Waals surface area contributed by atoms with E-state index in [1.807, 2.05) is 49.1 Å². The summed E-state index contributed by atoms with van der Waals surface area (Å²) >= 11 is 0. The molecule has 5 rings (SSSR count). The van der Waals surface area contributed by atoms with E-state index in [9.17, 15) is 18.0 Å². The molecule has 2 aliphatic heterocycles. The van der Waals surface area contributed by atoms with Crippen molar-refractivity contribution in [2.24, 2.45) is 5.92 Å². The lowest BCUT2D eigenvalue weighted by atomic mass is 9.97. The van der Waals surface area contributed by atoms with Gasteiger partial charge in [0.1, 0.15) is 12.4 Å². The Balaban J connectivity index is 0.00000148. The normalized spacial score (nSPS) is 19.9. The fourth-order valence-corrected chi connectivity index (χ4v) is 4.32. The van der Waals surface area contributed by atoms with Crippen LogP contribution in [0.3, 0.4) is 0 Å². The first-order valence-electron chi connectivity index (χ1n) is 12.0. The zero-order chi connectivity index (χ0) is 25.7. The van der Waals surface area contributed by atoms with Crippen LogP contribution in [0.2, 0.25) is 0 Å². The summed E-state index contributed by atoms with van der Waals surface area (Å²) in [6, 6.07) is 14.2. The third kappa shape index (κ3) is 5.53. The molecule has 1 amide bonds. The Kier molecular flexibility index (Phi) is 7.93. The number of hydrogen-bond donors (Lipinski definition) is 0. The van der Waals surface area contributed by atoms with E-state index in [0.717, 1.165) is 24.0 Å². The Morgan fingerprint density at radius 1 is 1.08 bits per heavy atom. The Bertz CT molecular complexity index is 1160. The molecule has 0 bridgehead atoms. The number of nitrogens with zero attached hydrogens (tertiary/aromatic N) is 3. The van der Waals surface area contributed by atoms with Gasteiger partial charge >= 0.3 is 12.1 Å². The zero-order valence-electron chi connectivity index (χ0n) is 20.1. The number of ether oxygens (including phenoxy) is 2. The molecule has 0 spiro atoms. The molecule has 2 aliphatic rings. The molecule has 0 aliphatic carbocycles. The average Bonchev–Trinajstić information content (AvgIpc) is 3.34. The van der Waals surface area contributed by atoms with Crippen LogP contribution in [0.15, 0.2) is 53.1 Å². The first kappa shape index (κ1) is 25.7. The highest BCUT2D eigenvalue weighted by Gasteiger charge is 2.39. The van der Waals surface area contributed by atoms with Crippen molar-refractivity contribution >= 4 is 5.91 Å². The molecular formula is C26H28F3N3O4. The molecule has 1 aromatic heterocycles. The van der Waals surface area contributed by atoms with Crippen molar-refractivity contribution in [1.82, 2.24) is 15.0 Å². The average molecular weight is 504 g/mol. The topological polar surface area (TPSA) is 77.7 Å². The van der Waals surface area contributed by atoms with Crippen LogP contribution in [0, 0.1) is 5.92 Å². The minimum absolute atomic E-state index is 0.00191. The quantitative estimate of drug-likeness (QED) is 0.458. The lowest BCUT2D eigenvalue weighted by Gasteiger charge is -2.34. The second-order valence-corrected chi connectivity index (χ2v) is 8.36. The first-order chi connectivity index (χ1) is 17.4. The molecule has 10 heteroatoms. The molecule has 3 heterocycles. The molecule has 2 aromatic carbocycles. The molecular weight excluding hydrogens is 475 g/mol. The van der Waals surface area contributed by atoms with E-state index in [0.29, 0.717) is 31.1 Å². The highest BCUT2D eigenvalue weighted by Crippen LogP contribution is 2.36. The number of benzene rings is 2. The molecule has 1 fully saturated rings. The SMILES string of the molecule is CC.O=C(C1CCCOC1)N1Cc2ccc(-c3noc(C(F)(F)F)n3)cc2OCC1c1ccccc1. The van der Waals surface area contributed by atoms with Gasteiger partial charge in [0.2, 0.25) is 11.7 Å². The van der Waals surface area contributed by atoms with Crippen LogP contribution in [-0.2, 0) is 22.3 Å². The number of aromatic nitrogens is 2. The van der Waals surface area contributed by atoms with E-state index in [-0.39, 0.29) is 30.3 Å². The third-order valence-corrected chi connectivity index (χ3v) is 6.08. The van der Waals surface area contributed by atoms with Crippen molar-refractivity contribution in [2.75, 3.05) is 19.8 Å². The van der Waals surface area contributed by atoms with Gasteiger partial charge in [0.05, 0.1) is 25.1 Å². The fourth-order valence-electron chi connectivity index (χ4n) is 4.32. The highest BCUT2D eigenvalue weighted by molar-refractivity contribution is 5.80. The number of alkyl halides is 3. The molecule has 0 N–H and O–H groups in total. The fraction of sp³-hybridized carbons (Fsp3) is 0.423. The first-order valence-corrected chi connectivity index (χ1v) is 12.0. The Hall–Kier alpha value is -3.40. The number of hydrogen-bond acceptors (Lipinski definition) is 6. The van der Waals surface area contributed by atoms with Gasteiger partial charge in [0.25, 0.3) is 0 Å². The number of halogens is 3. The largest absolute Gasteiger partial charge is 0.491 e. The lowest BCUT2D eigenvalue weighted by Crippen LogP contribution is -2.42. The summed E-state index contributed by atoms with van der Waals surface area (Å²) in [4.78, 5) is 18.8. The van der Waals surface area contributed by atoms with E-state index in [2.05, 4.69) is 14.7 Å². The van der Waals surface area contributed by atoms with Crippen LogP contribution in [0.5, 0.6) is 5.75 Å². The van der Waals surface area contributed by atoms with E-state index in [1.165, 1.54) is 0 Å². The summed E-state index contributed by atoms with van der Waals surface area (Å²) in [5.74, 6) is -1.35. The van der Waals surface area contributed by atoms with Crippen molar-refractivity contribution < 1.29 is 32.0 Å². The summed E-state index contributed by atoms with van der Waals surface area (Å²) in [6.45, 7) is 5.54. The van der Waals surface area contributed by atoms with E-state index in [4.69, 9.17) is 9.47 Å². The molecule has 2 atom stereocenters. The van der Waals surface area contributed by atoms with Gasteiger partial charge in [-0.3, -0.25) is 4.79 Å². The van der Waals surface area contributed by atoms with E-state index >= 15 is 0 Å². The maximum atomic E-state index is 13.5. The predicted octanol–water partition coefficient (Wildman–Crippen LogP) is 5.67. The van der Waals surface area contributed by atoms with Gasteiger partial charge in [-0.15, -0.1) is 0 Å². The van der Waals surface area contributed by atoms with Crippen LogP contribution in [0.1, 0.15) is 49.7 Å². The Morgan fingerprint density at radius 2 is 1.86 bits per heavy atom. The number of amides is 1. The van der Waals surface area contributed by atoms with Gasteiger partial charge in [-0.2, -0.15) is 18.2 Å². The van der Waals surface area contributed by atoms with Crippen LogP contribution < -0.4 is 4.74 Å². The van der Waals surface area contributed by atoms with Crippen LogP contribution in [0.4, 0.5) is 13.2 Å². The van der Waals surface area contributed by atoms with Gasteiger partial charge < -0.3 is 18.9 Å². The van der Waals surface area contributed by atoms with Crippen molar-refractivity contribution in [3.8, 4) is 17.1 Å². The molecule has 0 radical (unpaired) electrons. The second-order valence-electron chi connectivity index (χ2n) is 8.36. The van der Waals surface area contributed by atoms with Crippen LogP contribution in [-0.4, -0.2) is 40.8 Å². The van der Waals surface area contributed by atoms with Gasteiger partial charge in [0, 0.05) is 17.7 Å². The lowest BCUT2D eigenvalue weighted by molar-refractivity contribution is -0.159. The number of carbonyl (C=O) groups excluding carboxylic acids is 1. The highest BCUT2D eigenvalue weighted by atomic mass is 19.4. The van der Waals surface area contributed by atoms with Crippen molar-refractivity contribution in [3.63, 3.8) is 0 Å². The molecule has 7 nitrogen and oxygen atoms in total. The molecule has 1 saturated heterocycles. The molecule has 0 saturated carbocycles. The van der Waals surface area contributed by atoms with Gasteiger partial charge in [-0.1, -0.05) is 61.5 Å². The minimum Gasteiger partial charge on any atom is -0.491 e. The molecule has 36 heavy (non-hydrogen) atoms. The summed E-state index contributed by atoms with van der Waals surface area (Å²) in [5, 5.41) is 3.45. The number of carbonyl (C=O) groups is 1. The van der Waals surface area contributed by atoms with Gasteiger partial charge in [-0.05, 0) is 24.5 Å². The maximum Gasteiger partial charge on any atom is 0.471 e. The third-order valence-electron chi connectivity index (χ3n) is 6.08. The number of fused-ring (bicyclic) bond motifs is 1. The smallest absolute Gasteiger partial charge is 0.471 e. The molecule has 3 aromatic rings. The van der Waals surface area contributed by atoms with E-state index < -0.39 is 12.1 Å². The van der Waals surface area contributed by atoms with Crippen LogP contribution in [0.25, 0.3) is 11.4 Å². The van der Waals surface area contributed by atoms with E-state index in [1.54, 1.807) is 18.2 Å². The standard InChI is InChI=1S/C24H22F3N3O4.C2H6/c25-24(26,27)23-28-21(29-34-23)16-8-9-17-12-30(22(31)18-7-4-10-32-13-18)19(14-33-20(17)11-16)15-5-2-1-3-6-15;1-2/h1-3,5-6,8-9,11,18-19H,4,7,10,12-14H2;1-2H3. The molecule has 192 valence electrons. The Morgan fingerprint density at radius 3 is 2.53 bits per heavy atom. The van der Waals surface area contributed by atoms with Crippen molar-refractivity contribution in [2.45, 2.75) is 45.5 Å². The summed E-state index contributed by atoms with van der Waals surface area (Å²) in [5.41, 5.74) is 2.01. The minimum atomic E-state index is -4.72. The van der Waals surface area contributed by atoms with Crippen molar-refractivity contribution in [1.29, 1.82) is 0 Å². The summed E-state index contributed by atoms with van der Waals surface area (Å²) in [7, 11) is 0. The molecule has 2 unspecified atom stereocenters. The number of rotatable bonds is 3. The second kappa shape index (κ2) is 11.1. The maximum absolute atomic E-state index is 13.5. The zero-order valence-corrected chi connectivity index (χ0v) is 20.1. The summed E-state index contributed by atoms with van der Waals surface area (Å²) in [6.07, 6.45) is -3.12.